The predicted octanol–water partition coefficient (Wildman–Crippen LogP) is 3.81. The molecule has 0 spiro atoms. The van der Waals surface area contributed by atoms with Crippen molar-refractivity contribution in [3.05, 3.63) is 53.2 Å². The molecule has 0 aliphatic carbocycles. The first-order chi connectivity index (χ1) is 11.6. The predicted molar refractivity (Wildman–Crippen MR) is 92.5 cm³/mol. The summed E-state index contributed by atoms with van der Waals surface area (Å²) in [7, 11) is 1.54. The summed E-state index contributed by atoms with van der Waals surface area (Å²) in [5.41, 5.74) is 0. The van der Waals surface area contributed by atoms with Crippen LogP contribution in [0.1, 0.15) is 17.5 Å². The van der Waals surface area contributed by atoms with Crippen molar-refractivity contribution in [2.45, 2.75) is 12.5 Å². The molecule has 7 heteroatoms. The number of carboxylic acid groups (broad SMARTS) is 1. The normalized spacial score (nSPS) is 12.0. The van der Waals surface area contributed by atoms with Gasteiger partial charge in [-0.05, 0) is 17.5 Å². The Morgan fingerprint density at radius 3 is 3.00 bits per heavy atom. The topological polar surface area (TPSA) is 75.5 Å². The van der Waals surface area contributed by atoms with Crippen LogP contribution in [-0.4, -0.2) is 39.7 Å². The molecule has 0 saturated heterocycles. The molecule has 0 saturated carbocycles. The lowest BCUT2D eigenvalue weighted by molar-refractivity contribution is 0.140. The van der Waals surface area contributed by atoms with Crippen molar-refractivity contribution in [3.8, 4) is 5.75 Å². The quantitative estimate of drug-likeness (QED) is 0.736. The summed E-state index contributed by atoms with van der Waals surface area (Å²) >= 11 is 1.50. The lowest BCUT2D eigenvalue weighted by Crippen LogP contribution is -2.27. The maximum Gasteiger partial charge on any atom is 0.407 e. The average Bonchev–Trinajstić information content (AvgIpc) is 3.12. The molecule has 124 valence electrons. The van der Waals surface area contributed by atoms with Crippen molar-refractivity contribution in [2.24, 2.45) is 0 Å². The summed E-state index contributed by atoms with van der Waals surface area (Å²) in [4.78, 5) is 20.7. The van der Waals surface area contributed by atoms with Crippen molar-refractivity contribution >= 4 is 28.2 Å². The molecule has 1 amide bonds. The van der Waals surface area contributed by atoms with Gasteiger partial charge in [0.25, 0.3) is 0 Å². The minimum absolute atomic E-state index is 0.308. The van der Waals surface area contributed by atoms with E-state index in [0.29, 0.717) is 13.0 Å². The summed E-state index contributed by atoms with van der Waals surface area (Å²) in [5, 5.41) is 13.7. The van der Waals surface area contributed by atoms with Gasteiger partial charge in [-0.2, -0.15) is 0 Å². The van der Waals surface area contributed by atoms with Crippen LogP contribution >= 0.6 is 11.3 Å². The highest BCUT2D eigenvalue weighted by Gasteiger charge is 2.19. The number of thiazole rings is 1. The number of fused-ring (bicyclic) bond motifs is 1. The number of nitrogens with zero attached hydrogens (tertiary/aromatic N) is 3. The molecular weight excluding hydrogens is 326 g/mol. The van der Waals surface area contributed by atoms with Gasteiger partial charge in [-0.1, -0.05) is 12.1 Å². The maximum atomic E-state index is 11.0. The average molecular weight is 343 g/mol. The van der Waals surface area contributed by atoms with Gasteiger partial charge in [0.05, 0.1) is 0 Å². The van der Waals surface area contributed by atoms with Crippen LogP contribution in [0.5, 0.6) is 5.75 Å². The van der Waals surface area contributed by atoms with Gasteiger partial charge in [0.2, 0.25) is 0 Å². The molecule has 0 radical (unpaired) electrons. The molecule has 24 heavy (non-hydrogen) atoms. The lowest BCUT2D eigenvalue weighted by Gasteiger charge is -2.21. The van der Waals surface area contributed by atoms with E-state index in [4.69, 9.17) is 9.84 Å². The minimum atomic E-state index is -0.956. The SMILES string of the molecule is CN(CCC(Oc1cccc2ccncc12)c1nccs1)C(=O)O. The van der Waals surface area contributed by atoms with Crippen LogP contribution in [0.15, 0.2) is 48.2 Å². The second-order valence-corrected chi connectivity index (χ2v) is 6.25. The number of benzene rings is 1. The summed E-state index contributed by atoms with van der Waals surface area (Å²) in [6.07, 6.45) is 4.49. The number of rotatable bonds is 6. The number of pyridine rings is 1. The van der Waals surface area contributed by atoms with Crippen molar-refractivity contribution in [1.29, 1.82) is 0 Å². The highest BCUT2D eigenvalue weighted by Crippen LogP contribution is 2.31. The van der Waals surface area contributed by atoms with Crippen LogP contribution in [0.2, 0.25) is 0 Å². The van der Waals surface area contributed by atoms with Gasteiger partial charge in [-0.15, -0.1) is 11.3 Å². The van der Waals surface area contributed by atoms with Crippen molar-refractivity contribution in [1.82, 2.24) is 14.9 Å². The van der Waals surface area contributed by atoms with Crippen LogP contribution in [0.25, 0.3) is 10.8 Å². The van der Waals surface area contributed by atoms with Crippen LogP contribution < -0.4 is 4.74 Å². The fourth-order valence-electron chi connectivity index (χ4n) is 2.37. The van der Waals surface area contributed by atoms with Crippen molar-refractivity contribution < 1.29 is 14.6 Å². The monoisotopic (exact) mass is 343 g/mol. The molecule has 0 aliphatic rings. The standard InChI is InChI=1S/C17H17N3O3S/c1-20(17(21)22)9-6-15(16-19-8-10-24-16)23-14-4-2-3-12-5-7-18-11-13(12)14/h2-5,7-8,10-11,15H,6,9H2,1H3,(H,21,22). The van der Waals surface area contributed by atoms with Gasteiger partial charge >= 0.3 is 6.09 Å². The van der Waals surface area contributed by atoms with E-state index in [1.54, 1.807) is 25.6 Å². The van der Waals surface area contributed by atoms with Crippen LogP contribution in [0.4, 0.5) is 4.79 Å². The van der Waals surface area contributed by atoms with E-state index >= 15 is 0 Å². The molecule has 1 N–H and O–H groups in total. The zero-order valence-corrected chi connectivity index (χ0v) is 13.9. The summed E-state index contributed by atoms with van der Waals surface area (Å²) in [5.74, 6) is 0.721. The van der Waals surface area contributed by atoms with Gasteiger partial charge in [0.1, 0.15) is 10.8 Å². The van der Waals surface area contributed by atoms with E-state index in [0.717, 1.165) is 21.5 Å². The maximum absolute atomic E-state index is 11.0. The zero-order chi connectivity index (χ0) is 16.9. The summed E-state index contributed by atoms with van der Waals surface area (Å²) in [6, 6.07) is 7.75. The number of hydrogen-bond donors (Lipinski definition) is 1. The zero-order valence-electron chi connectivity index (χ0n) is 13.1. The van der Waals surface area contributed by atoms with E-state index in [1.165, 1.54) is 16.2 Å². The van der Waals surface area contributed by atoms with Crippen molar-refractivity contribution in [3.63, 3.8) is 0 Å². The molecule has 3 rings (SSSR count). The molecule has 0 aliphatic heterocycles. The molecule has 1 aromatic carbocycles. The minimum Gasteiger partial charge on any atom is -0.482 e. The fourth-order valence-corrected chi connectivity index (χ4v) is 3.07. The lowest BCUT2D eigenvalue weighted by atomic mass is 10.1. The van der Waals surface area contributed by atoms with E-state index in [9.17, 15) is 4.79 Å². The molecule has 2 heterocycles. The molecule has 0 bridgehead atoms. The first kappa shape index (κ1) is 16.2. The molecular formula is C17H17N3O3S. The second kappa shape index (κ2) is 7.27. The van der Waals surface area contributed by atoms with Gasteiger partial charge in [0, 0.05) is 49.4 Å². The Labute approximate surface area is 143 Å². The van der Waals surface area contributed by atoms with Gasteiger partial charge in [0.15, 0.2) is 6.10 Å². The third-order valence-corrected chi connectivity index (χ3v) is 4.56. The largest absolute Gasteiger partial charge is 0.482 e. The molecule has 1 atom stereocenters. The van der Waals surface area contributed by atoms with Gasteiger partial charge in [-0.25, -0.2) is 9.78 Å². The third-order valence-electron chi connectivity index (χ3n) is 3.69. The third kappa shape index (κ3) is 3.62. The number of ether oxygens (including phenoxy) is 1. The Morgan fingerprint density at radius 1 is 1.38 bits per heavy atom. The van der Waals surface area contributed by atoms with Crippen LogP contribution in [-0.2, 0) is 0 Å². The fraction of sp³-hybridized carbons (Fsp3) is 0.235. The smallest absolute Gasteiger partial charge is 0.407 e. The highest BCUT2D eigenvalue weighted by molar-refractivity contribution is 7.09. The van der Waals surface area contributed by atoms with E-state index in [2.05, 4.69) is 9.97 Å². The van der Waals surface area contributed by atoms with E-state index < -0.39 is 6.09 Å². The second-order valence-electron chi connectivity index (χ2n) is 5.32. The molecule has 1 unspecified atom stereocenters. The highest BCUT2D eigenvalue weighted by atomic mass is 32.1. The molecule has 3 aromatic rings. The Hall–Kier alpha value is -2.67. The summed E-state index contributed by atoms with van der Waals surface area (Å²) in [6.45, 7) is 0.364. The Morgan fingerprint density at radius 2 is 2.25 bits per heavy atom. The number of hydrogen-bond acceptors (Lipinski definition) is 5. The molecule has 6 nitrogen and oxygen atoms in total. The van der Waals surface area contributed by atoms with Gasteiger partial charge in [-0.3, -0.25) is 4.98 Å². The first-order valence-electron chi connectivity index (χ1n) is 7.48. The van der Waals surface area contributed by atoms with Crippen molar-refractivity contribution in [2.75, 3.05) is 13.6 Å². The Bertz CT molecular complexity index is 818. The number of amides is 1. The number of carbonyl (C=O) groups is 1. The van der Waals surface area contributed by atoms with E-state index in [1.807, 2.05) is 29.6 Å². The first-order valence-corrected chi connectivity index (χ1v) is 8.36. The number of aromatic nitrogens is 2. The summed E-state index contributed by atoms with van der Waals surface area (Å²) < 4.78 is 6.19. The Balaban J connectivity index is 1.84. The van der Waals surface area contributed by atoms with E-state index in [-0.39, 0.29) is 6.10 Å². The van der Waals surface area contributed by atoms with Crippen LogP contribution in [0, 0.1) is 0 Å². The molecule has 2 aromatic heterocycles. The van der Waals surface area contributed by atoms with Crippen LogP contribution in [0.3, 0.4) is 0 Å². The Kier molecular flexibility index (Phi) is 4.90. The van der Waals surface area contributed by atoms with Gasteiger partial charge < -0.3 is 14.7 Å². The molecule has 0 fully saturated rings.